The van der Waals surface area contributed by atoms with Crippen LogP contribution < -0.4 is 0 Å². The number of methoxy groups -OCH3 is 1. The van der Waals surface area contributed by atoms with E-state index in [2.05, 4.69) is 9.72 Å². The Bertz CT molecular complexity index is 597. The predicted octanol–water partition coefficient (Wildman–Crippen LogP) is 3.52. The van der Waals surface area contributed by atoms with Crippen LogP contribution in [0, 0.1) is 11.7 Å². The van der Waals surface area contributed by atoms with Gasteiger partial charge in [0.2, 0.25) is 5.89 Å². The summed E-state index contributed by atoms with van der Waals surface area (Å²) in [5.74, 6) is 1.73. The van der Waals surface area contributed by atoms with Crippen molar-refractivity contribution in [1.82, 2.24) is 4.98 Å². The summed E-state index contributed by atoms with van der Waals surface area (Å²) in [4.78, 5) is 15.4. The molecule has 21 heavy (non-hydrogen) atoms. The number of carbonyl (C=O) groups is 1. The molecule has 4 nitrogen and oxygen atoms in total. The van der Waals surface area contributed by atoms with E-state index in [1.807, 2.05) is 6.92 Å². The highest BCUT2D eigenvalue weighted by molar-refractivity contribution is 7.98. The lowest BCUT2D eigenvalue weighted by atomic mass is 10.2. The summed E-state index contributed by atoms with van der Waals surface area (Å²) in [6, 6.07) is 6.05. The van der Waals surface area contributed by atoms with Crippen LogP contribution in [0.25, 0.3) is 11.3 Å². The van der Waals surface area contributed by atoms with Crippen molar-refractivity contribution in [3.05, 3.63) is 42.2 Å². The molecule has 0 saturated carbocycles. The summed E-state index contributed by atoms with van der Waals surface area (Å²) in [5.41, 5.74) is 0.781. The van der Waals surface area contributed by atoms with Crippen molar-refractivity contribution in [2.75, 3.05) is 12.9 Å². The van der Waals surface area contributed by atoms with E-state index in [4.69, 9.17) is 4.42 Å². The Morgan fingerprint density at radius 2 is 2.14 bits per heavy atom. The number of thioether (sulfide) groups is 1. The fourth-order valence-corrected chi connectivity index (χ4v) is 2.63. The molecule has 6 heteroatoms. The number of aromatic nitrogens is 1. The summed E-state index contributed by atoms with van der Waals surface area (Å²) in [6.45, 7) is 1.82. The van der Waals surface area contributed by atoms with Crippen LogP contribution in [0.5, 0.6) is 0 Å². The maximum Gasteiger partial charge on any atom is 0.309 e. The molecule has 1 aromatic carbocycles. The highest BCUT2D eigenvalue weighted by Crippen LogP contribution is 2.23. The molecule has 1 heterocycles. The Balaban J connectivity index is 1.89. The largest absolute Gasteiger partial charge is 0.469 e. The minimum absolute atomic E-state index is 0.161. The standard InChI is InChI=1S/C15H16FNO3S/c1-10(15(18)19-2)8-21-9-14-17-7-13(20-14)11-3-5-12(16)6-4-11/h3-7,10H,8-9H2,1-2H3. The number of halogens is 1. The molecule has 0 aliphatic carbocycles. The normalized spacial score (nSPS) is 12.1. The number of ether oxygens (including phenoxy) is 1. The van der Waals surface area contributed by atoms with Crippen LogP contribution in [0.15, 0.2) is 34.9 Å². The summed E-state index contributed by atoms with van der Waals surface area (Å²) in [6.07, 6.45) is 1.62. The van der Waals surface area contributed by atoms with Crippen LogP contribution in [0.2, 0.25) is 0 Å². The van der Waals surface area contributed by atoms with Gasteiger partial charge in [0, 0.05) is 11.3 Å². The van der Waals surface area contributed by atoms with E-state index in [1.165, 1.54) is 19.2 Å². The van der Waals surface area contributed by atoms with Gasteiger partial charge in [0.25, 0.3) is 0 Å². The third-order valence-electron chi connectivity index (χ3n) is 2.88. The van der Waals surface area contributed by atoms with E-state index in [-0.39, 0.29) is 17.7 Å². The molecular weight excluding hydrogens is 293 g/mol. The smallest absolute Gasteiger partial charge is 0.309 e. The summed E-state index contributed by atoms with van der Waals surface area (Å²) < 4.78 is 23.1. The first kappa shape index (κ1) is 15.6. The van der Waals surface area contributed by atoms with E-state index in [0.29, 0.717) is 23.2 Å². The van der Waals surface area contributed by atoms with Gasteiger partial charge in [-0.2, -0.15) is 11.8 Å². The van der Waals surface area contributed by atoms with Gasteiger partial charge in [-0.1, -0.05) is 6.92 Å². The minimum Gasteiger partial charge on any atom is -0.469 e. The summed E-state index contributed by atoms with van der Waals surface area (Å²) in [7, 11) is 1.38. The predicted molar refractivity (Wildman–Crippen MR) is 79.2 cm³/mol. The van der Waals surface area contributed by atoms with Gasteiger partial charge in [-0.25, -0.2) is 9.37 Å². The second kappa shape index (κ2) is 7.26. The lowest BCUT2D eigenvalue weighted by Gasteiger charge is -2.07. The van der Waals surface area contributed by atoms with Gasteiger partial charge in [-0.05, 0) is 24.3 Å². The fourth-order valence-electron chi connectivity index (χ4n) is 1.72. The molecule has 0 fully saturated rings. The molecule has 112 valence electrons. The Labute approximate surface area is 126 Å². The number of esters is 1. The first-order valence-electron chi connectivity index (χ1n) is 6.46. The Morgan fingerprint density at radius 1 is 1.43 bits per heavy atom. The number of nitrogens with zero attached hydrogens (tertiary/aromatic N) is 1. The zero-order valence-corrected chi connectivity index (χ0v) is 12.7. The third-order valence-corrected chi connectivity index (χ3v) is 4.07. The Morgan fingerprint density at radius 3 is 2.81 bits per heavy atom. The zero-order valence-electron chi connectivity index (χ0n) is 11.8. The van der Waals surface area contributed by atoms with Crippen LogP contribution in [0.1, 0.15) is 12.8 Å². The van der Waals surface area contributed by atoms with Crippen LogP contribution in [-0.2, 0) is 15.3 Å². The van der Waals surface area contributed by atoms with Crippen molar-refractivity contribution in [2.45, 2.75) is 12.7 Å². The van der Waals surface area contributed by atoms with Crippen LogP contribution in [0.3, 0.4) is 0 Å². The average Bonchev–Trinajstić information content (AvgIpc) is 2.95. The zero-order chi connectivity index (χ0) is 15.2. The molecule has 0 aliphatic rings. The van der Waals surface area contributed by atoms with Crippen LogP contribution in [0.4, 0.5) is 4.39 Å². The van der Waals surface area contributed by atoms with Crippen molar-refractivity contribution in [3.63, 3.8) is 0 Å². The molecule has 1 aromatic heterocycles. The fraction of sp³-hybridized carbons (Fsp3) is 0.333. The van der Waals surface area contributed by atoms with Crippen LogP contribution in [-0.4, -0.2) is 23.8 Å². The summed E-state index contributed by atoms with van der Waals surface area (Å²) >= 11 is 1.55. The number of rotatable bonds is 6. The number of benzene rings is 1. The molecule has 1 unspecified atom stereocenters. The SMILES string of the molecule is COC(=O)C(C)CSCc1ncc(-c2ccc(F)cc2)o1. The molecule has 0 amide bonds. The van der Waals surface area contributed by atoms with Gasteiger partial charge in [0.1, 0.15) is 5.82 Å². The third kappa shape index (κ3) is 4.32. The van der Waals surface area contributed by atoms with Gasteiger partial charge >= 0.3 is 5.97 Å². The topological polar surface area (TPSA) is 52.3 Å². The van der Waals surface area contributed by atoms with E-state index >= 15 is 0 Å². The Kier molecular flexibility index (Phi) is 5.38. The second-order valence-corrected chi connectivity index (χ2v) is 5.59. The number of hydrogen-bond donors (Lipinski definition) is 0. The highest BCUT2D eigenvalue weighted by Gasteiger charge is 2.14. The first-order valence-corrected chi connectivity index (χ1v) is 7.62. The molecule has 0 radical (unpaired) electrons. The van der Waals surface area contributed by atoms with Crippen molar-refractivity contribution in [3.8, 4) is 11.3 Å². The van der Waals surface area contributed by atoms with Gasteiger partial charge < -0.3 is 9.15 Å². The molecule has 0 aliphatic heterocycles. The molecule has 0 spiro atoms. The van der Waals surface area contributed by atoms with Crippen molar-refractivity contribution in [1.29, 1.82) is 0 Å². The number of hydrogen-bond acceptors (Lipinski definition) is 5. The quantitative estimate of drug-likeness (QED) is 0.764. The number of carbonyl (C=O) groups excluding carboxylic acids is 1. The average molecular weight is 309 g/mol. The van der Waals surface area contributed by atoms with Gasteiger partial charge in [0.05, 0.1) is 25.0 Å². The lowest BCUT2D eigenvalue weighted by molar-refractivity contribution is -0.143. The molecule has 1 atom stereocenters. The van der Waals surface area contributed by atoms with Crippen molar-refractivity contribution < 1.29 is 18.3 Å². The van der Waals surface area contributed by atoms with E-state index in [9.17, 15) is 9.18 Å². The van der Waals surface area contributed by atoms with Crippen molar-refractivity contribution >= 4 is 17.7 Å². The molecule has 0 saturated heterocycles. The van der Waals surface area contributed by atoms with Gasteiger partial charge in [-0.3, -0.25) is 4.79 Å². The maximum atomic E-state index is 12.9. The van der Waals surface area contributed by atoms with E-state index in [0.717, 1.165) is 5.56 Å². The Hall–Kier alpha value is -1.82. The molecule has 2 rings (SSSR count). The minimum atomic E-state index is -0.286. The van der Waals surface area contributed by atoms with Crippen molar-refractivity contribution in [2.24, 2.45) is 5.92 Å². The van der Waals surface area contributed by atoms with E-state index < -0.39 is 0 Å². The maximum absolute atomic E-state index is 12.9. The first-order chi connectivity index (χ1) is 10.1. The van der Waals surface area contributed by atoms with Gasteiger partial charge in [0.15, 0.2) is 5.76 Å². The van der Waals surface area contributed by atoms with Crippen LogP contribution >= 0.6 is 11.8 Å². The van der Waals surface area contributed by atoms with Gasteiger partial charge in [-0.15, -0.1) is 0 Å². The van der Waals surface area contributed by atoms with E-state index in [1.54, 1.807) is 30.1 Å². The number of oxazole rings is 1. The molecule has 2 aromatic rings. The lowest BCUT2D eigenvalue weighted by Crippen LogP contribution is -2.14. The second-order valence-electron chi connectivity index (χ2n) is 4.56. The summed E-state index contributed by atoms with van der Waals surface area (Å²) in [5, 5.41) is 0. The molecular formula is C15H16FNO3S. The highest BCUT2D eigenvalue weighted by atomic mass is 32.2. The molecule has 0 N–H and O–H groups in total. The molecule has 0 bridgehead atoms. The monoisotopic (exact) mass is 309 g/mol.